The summed E-state index contributed by atoms with van der Waals surface area (Å²) in [6.07, 6.45) is 2.45. The molecule has 1 aliphatic rings. The predicted molar refractivity (Wildman–Crippen MR) is 103 cm³/mol. The van der Waals surface area contributed by atoms with Crippen LogP contribution in [-0.4, -0.2) is 24.5 Å². The van der Waals surface area contributed by atoms with E-state index in [0.29, 0.717) is 18.2 Å². The van der Waals surface area contributed by atoms with E-state index in [-0.39, 0.29) is 24.1 Å². The molecule has 1 fully saturated rings. The molecule has 0 spiro atoms. The molecular weight excluding hydrogens is 346 g/mol. The second-order valence-corrected chi connectivity index (χ2v) is 6.61. The van der Waals surface area contributed by atoms with Crippen LogP contribution in [-0.2, 0) is 4.79 Å². The van der Waals surface area contributed by atoms with Gasteiger partial charge in [-0.1, -0.05) is 24.3 Å². The van der Waals surface area contributed by atoms with Gasteiger partial charge in [0.05, 0.1) is 18.1 Å². The van der Waals surface area contributed by atoms with Crippen molar-refractivity contribution in [2.24, 2.45) is 5.92 Å². The lowest BCUT2D eigenvalue weighted by Gasteiger charge is -2.19. The highest BCUT2D eigenvalue weighted by molar-refractivity contribution is 5.77. The maximum atomic E-state index is 12.4. The van der Waals surface area contributed by atoms with Crippen LogP contribution >= 0.6 is 0 Å². The van der Waals surface area contributed by atoms with E-state index in [1.165, 1.54) is 6.07 Å². The molecule has 3 rings (SSSR count). The van der Waals surface area contributed by atoms with Crippen LogP contribution in [0.3, 0.4) is 0 Å². The lowest BCUT2D eigenvalue weighted by molar-refractivity contribution is -0.384. The number of nitro benzene ring substituents is 1. The molecule has 1 amide bonds. The number of hydrogen-bond donors (Lipinski definition) is 2. The molecule has 1 atom stereocenters. The number of methoxy groups -OCH3 is 1. The van der Waals surface area contributed by atoms with Crippen molar-refractivity contribution in [3.05, 3.63) is 64.2 Å². The fourth-order valence-electron chi connectivity index (χ4n) is 3.05. The first-order chi connectivity index (χ1) is 13.1. The second kappa shape index (κ2) is 8.53. The van der Waals surface area contributed by atoms with Gasteiger partial charge in [0.15, 0.2) is 0 Å². The number of hydrogen-bond acceptors (Lipinski definition) is 5. The number of anilines is 1. The number of nitro groups is 1. The summed E-state index contributed by atoms with van der Waals surface area (Å²) in [6, 6.07) is 14.2. The quantitative estimate of drug-likeness (QED) is 0.519. The Hall–Kier alpha value is -3.09. The minimum absolute atomic E-state index is 0.00512. The van der Waals surface area contributed by atoms with E-state index in [1.54, 1.807) is 25.3 Å². The van der Waals surface area contributed by atoms with E-state index in [4.69, 9.17) is 4.74 Å². The zero-order valence-electron chi connectivity index (χ0n) is 15.2. The van der Waals surface area contributed by atoms with E-state index in [1.807, 2.05) is 24.3 Å². The minimum Gasteiger partial charge on any atom is -0.497 e. The summed E-state index contributed by atoms with van der Waals surface area (Å²) < 4.78 is 5.18. The molecule has 1 unspecified atom stereocenters. The Balaban J connectivity index is 1.55. The van der Waals surface area contributed by atoms with Crippen LogP contribution in [0.4, 0.5) is 11.4 Å². The van der Waals surface area contributed by atoms with Gasteiger partial charge in [0.2, 0.25) is 5.91 Å². The normalized spacial score (nSPS) is 14.3. The number of nitrogens with zero attached hydrogens (tertiary/aromatic N) is 1. The van der Waals surface area contributed by atoms with E-state index in [9.17, 15) is 14.9 Å². The first kappa shape index (κ1) is 18.7. The van der Waals surface area contributed by atoms with Crippen LogP contribution in [0.5, 0.6) is 5.75 Å². The predicted octanol–water partition coefficient (Wildman–Crippen LogP) is 3.67. The number of para-hydroxylation sites is 2. The standard InChI is InChI=1S/C20H23N3O4/c1-27-16-10-8-15(9-11-16)20(14-6-7-14)22-19(24)12-13-21-17-4-2-3-5-18(17)23(25)26/h2-5,8-11,14,20-21H,6-7,12-13H2,1H3,(H,22,24). The van der Waals surface area contributed by atoms with Crippen molar-refractivity contribution in [1.82, 2.24) is 5.32 Å². The first-order valence-corrected chi connectivity index (χ1v) is 8.99. The van der Waals surface area contributed by atoms with Crippen LogP contribution in [0.25, 0.3) is 0 Å². The summed E-state index contributed by atoms with van der Waals surface area (Å²) in [7, 11) is 1.62. The maximum absolute atomic E-state index is 12.4. The Kier molecular flexibility index (Phi) is 5.90. The molecule has 0 saturated heterocycles. The van der Waals surface area contributed by atoms with Crippen molar-refractivity contribution in [3.8, 4) is 5.75 Å². The van der Waals surface area contributed by atoms with Gasteiger partial charge in [-0.15, -0.1) is 0 Å². The number of carbonyl (C=O) groups excluding carboxylic acids is 1. The molecule has 7 heteroatoms. The molecule has 7 nitrogen and oxygen atoms in total. The Labute approximate surface area is 157 Å². The van der Waals surface area contributed by atoms with Crippen LogP contribution in [0.15, 0.2) is 48.5 Å². The lowest BCUT2D eigenvalue weighted by Crippen LogP contribution is -2.31. The molecule has 0 heterocycles. The Morgan fingerprint density at radius 1 is 1.22 bits per heavy atom. The van der Waals surface area contributed by atoms with Crippen LogP contribution < -0.4 is 15.4 Å². The van der Waals surface area contributed by atoms with Crippen molar-refractivity contribution in [2.75, 3.05) is 19.0 Å². The maximum Gasteiger partial charge on any atom is 0.292 e. The Morgan fingerprint density at radius 2 is 1.93 bits per heavy atom. The first-order valence-electron chi connectivity index (χ1n) is 8.99. The zero-order chi connectivity index (χ0) is 19.2. The van der Waals surface area contributed by atoms with Gasteiger partial charge >= 0.3 is 0 Å². The van der Waals surface area contributed by atoms with Gasteiger partial charge in [-0.25, -0.2) is 0 Å². The van der Waals surface area contributed by atoms with E-state index in [0.717, 1.165) is 24.2 Å². The summed E-state index contributed by atoms with van der Waals surface area (Å²) in [5.74, 6) is 1.17. The molecule has 0 aliphatic heterocycles. The molecule has 1 aliphatic carbocycles. The van der Waals surface area contributed by atoms with Gasteiger partial charge in [0.25, 0.3) is 5.69 Å². The third kappa shape index (κ3) is 4.97. The van der Waals surface area contributed by atoms with Gasteiger partial charge in [0.1, 0.15) is 11.4 Å². The Bertz CT molecular complexity index is 803. The number of carbonyl (C=O) groups is 1. The molecule has 2 N–H and O–H groups in total. The van der Waals surface area contributed by atoms with Crippen molar-refractivity contribution in [2.45, 2.75) is 25.3 Å². The summed E-state index contributed by atoms with van der Waals surface area (Å²) in [6.45, 7) is 0.330. The fourth-order valence-corrected chi connectivity index (χ4v) is 3.05. The van der Waals surface area contributed by atoms with Gasteiger partial charge < -0.3 is 15.4 Å². The summed E-state index contributed by atoms with van der Waals surface area (Å²) >= 11 is 0. The largest absolute Gasteiger partial charge is 0.497 e. The average molecular weight is 369 g/mol. The number of ether oxygens (including phenoxy) is 1. The molecular formula is C20H23N3O4. The molecule has 2 aromatic rings. The Morgan fingerprint density at radius 3 is 2.56 bits per heavy atom. The SMILES string of the molecule is COc1ccc(C(NC(=O)CCNc2ccccc2[N+](=O)[O-])C2CC2)cc1. The van der Waals surface area contributed by atoms with Crippen molar-refractivity contribution in [3.63, 3.8) is 0 Å². The molecule has 0 bridgehead atoms. The molecule has 27 heavy (non-hydrogen) atoms. The van der Waals surface area contributed by atoms with E-state index >= 15 is 0 Å². The zero-order valence-corrected chi connectivity index (χ0v) is 15.2. The van der Waals surface area contributed by atoms with Crippen LogP contribution in [0.2, 0.25) is 0 Å². The summed E-state index contributed by atoms with van der Waals surface area (Å²) in [5, 5.41) is 17.1. The highest BCUT2D eigenvalue weighted by Gasteiger charge is 2.33. The number of amides is 1. The van der Waals surface area contributed by atoms with E-state index in [2.05, 4.69) is 10.6 Å². The third-order valence-electron chi connectivity index (χ3n) is 4.65. The third-order valence-corrected chi connectivity index (χ3v) is 4.65. The van der Waals surface area contributed by atoms with Gasteiger partial charge in [-0.2, -0.15) is 0 Å². The fraction of sp³-hybridized carbons (Fsp3) is 0.350. The number of rotatable bonds is 9. The van der Waals surface area contributed by atoms with Crippen molar-refractivity contribution < 1.29 is 14.5 Å². The molecule has 142 valence electrons. The highest BCUT2D eigenvalue weighted by Crippen LogP contribution is 2.41. The van der Waals surface area contributed by atoms with Crippen molar-refractivity contribution in [1.29, 1.82) is 0 Å². The topological polar surface area (TPSA) is 93.5 Å². The molecule has 0 aromatic heterocycles. The number of benzene rings is 2. The molecule has 1 saturated carbocycles. The van der Waals surface area contributed by atoms with E-state index < -0.39 is 4.92 Å². The van der Waals surface area contributed by atoms with Crippen molar-refractivity contribution >= 4 is 17.3 Å². The lowest BCUT2D eigenvalue weighted by atomic mass is 10.0. The molecule has 2 aromatic carbocycles. The number of nitrogens with one attached hydrogen (secondary N) is 2. The monoisotopic (exact) mass is 369 g/mol. The van der Waals surface area contributed by atoms with Gasteiger partial charge in [-0.3, -0.25) is 14.9 Å². The van der Waals surface area contributed by atoms with Crippen LogP contribution in [0.1, 0.15) is 30.9 Å². The summed E-state index contributed by atoms with van der Waals surface area (Å²) in [5.41, 5.74) is 1.49. The minimum atomic E-state index is -0.435. The summed E-state index contributed by atoms with van der Waals surface area (Å²) in [4.78, 5) is 23.0. The molecule has 0 radical (unpaired) electrons. The second-order valence-electron chi connectivity index (χ2n) is 6.61. The van der Waals surface area contributed by atoms with Gasteiger partial charge in [-0.05, 0) is 42.5 Å². The van der Waals surface area contributed by atoms with Gasteiger partial charge in [0, 0.05) is 19.0 Å². The smallest absolute Gasteiger partial charge is 0.292 e. The van der Waals surface area contributed by atoms with Crippen LogP contribution in [0, 0.1) is 16.0 Å². The average Bonchev–Trinajstić information content (AvgIpc) is 3.51. The highest BCUT2D eigenvalue weighted by atomic mass is 16.6.